The fraction of sp³-hybridized carbons (Fsp3) is 0.714. The highest BCUT2D eigenvalue weighted by Crippen LogP contribution is 2.18. The Labute approximate surface area is 521 Å². The number of carbonyl (C=O) groups excluding carboxylic acids is 7. The second-order valence-corrected chi connectivity index (χ2v) is 26.4. The van der Waals surface area contributed by atoms with Crippen molar-refractivity contribution in [1.82, 2.24) is 39.9 Å². The van der Waals surface area contributed by atoms with Crippen LogP contribution < -0.4 is 21.0 Å². The first kappa shape index (κ1) is 76.0. The molecule has 3 rings (SSSR count). The molecule has 88 heavy (non-hydrogen) atoms. The van der Waals surface area contributed by atoms with Crippen molar-refractivity contribution in [3.63, 3.8) is 0 Å². The Kier molecular flexibility index (Phi) is 32.0. The maximum Gasteiger partial charge on any atom is 0.407 e. The molecular weight excluding hydrogens is 1140 g/mol. The largest absolute Gasteiger partial charge is 0.459 e. The highest BCUT2D eigenvalue weighted by Gasteiger charge is 2.34. The Hall–Kier alpha value is -6.22. The van der Waals surface area contributed by atoms with Crippen LogP contribution in [0.5, 0.6) is 0 Å². The Morgan fingerprint density at radius 1 is 0.500 bits per heavy atom. The topological polar surface area (TPSA) is 265 Å². The zero-order valence-electron chi connectivity index (χ0n) is 55.3. The number of carbonyl (C=O) groups is 7. The molecule has 1 fully saturated rings. The first-order valence-electron chi connectivity index (χ1n) is 30.5. The van der Waals surface area contributed by atoms with Crippen LogP contribution in [0.4, 0.5) is 4.79 Å². The first-order valence-corrected chi connectivity index (χ1v) is 30.5. The summed E-state index contributed by atoms with van der Waals surface area (Å²) in [6.45, 7) is 30.4. The molecule has 1 unspecified atom stereocenters. The number of ether oxygens (including phenoxy) is 8. The van der Waals surface area contributed by atoms with E-state index in [1.807, 2.05) is 49.9 Å². The highest BCUT2D eigenvalue weighted by molar-refractivity contribution is 5.92. The summed E-state index contributed by atoms with van der Waals surface area (Å²) in [7, 11) is 0. The maximum absolute atomic E-state index is 14.5. The van der Waals surface area contributed by atoms with E-state index in [0.29, 0.717) is 26.2 Å². The Morgan fingerprint density at radius 3 is 1.43 bits per heavy atom. The Morgan fingerprint density at radius 2 is 0.955 bits per heavy atom. The average Bonchev–Trinajstić information content (AvgIpc) is 2.90. The quantitative estimate of drug-likeness (QED) is 0.0626. The van der Waals surface area contributed by atoms with Crippen molar-refractivity contribution in [1.29, 1.82) is 0 Å². The number of pyridine rings is 1. The van der Waals surface area contributed by atoms with Crippen LogP contribution in [0.15, 0.2) is 53.3 Å². The van der Waals surface area contributed by atoms with Crippen molar-refractivity contribution in [3.05, 3.63) is 70.1 Å². The molecule has 2 heterocycles. The highest BCUT2D eigenvalue weighted by atomic mass is 16.7. The molecule has 0 bridgehead atoms. The van der Waals surface area contributed by atoms with Crippen molar-refractivity contribution < 1.29 is 76.3 Å². The van der Waals surface area contributed by atoms with Crippen LogP contribution in [0.25, 0.3) is 0 Å². The summed E-state index contributed by atoms with van der Waals surface area (Å²) in [5.74, 6) is -2.88. The van der Waals surface area contributed by atoms with Gasteiger partial charge in [-0.15, -0.1) is 4.73 Å². The average molecular weight is 1250 g/mol. The molecule has 25 heteroatoms. The van der Waals surface area contributed by atoms with Gasteiger partial charge in [-0.1, -0.05) is 36.4 Å². The van der Waals surface area contributed by atoms with Gasteiger partial charge in [-0.25, -0.2) is 4.79 Å². The molecular formula is C63H104N8O17. The minimum Gasteiger partial charge on any atom is -0.459 e. The number of nitrogens with zero attached hydrogens (tertiary/aromatic N) is 6. The number of aromatic nitrogens is 1. The Balaban J connectivity index is 1.85. The van der Waals surface area contributed by atoms with Crippen LogP contribution in [0.1, 0.15) is 133 Å². The molecule has 1 aliphatic heterocycles. The summed E-state index contributed by atoms with van der Waals surface area (Å²) in [4.78, 5) is 123. The van der Waals surface area contributed by atoms with Crippen LogP contribution >= 0.6 is 0 Å². The van der Waals surface area contributed by atoms with Crippen LogP contribution in [-0.4, -0.2) is 243 Å². The number of alkyl carbamates (subject to hydrolysis) is 1. The third-order valence-corrected chi connectivity index (χ3v) is 12.4. The van der Waals surface area contributed by atoms with Gasteiger partial charge in [0.2, 0.25) is 5.91 Å². The zero-order valence-corrected chi connectivity index (χ0v) is 55.3. The van der Waals surface area contributed by atoms with E-state index in [1.165, 1.54) is 23.1 Å². The van der Waals surface area contributed by atoms with Gasteiger partial charge < -0.3 is 58.3 Å². The lowest BCUT2D eigenvalue weighted by Gasteiger charge is -2.37. The number of hydrogen-bond donors (Lipinski definition) is 2. The number of amides is 3. The molecule has 2 aromatic rings. The molecule has 1 aromatic heterocycles. The van der Waals surface area contributed by atoms with Gasteiger partial charge in [0.15, 0.2) is 0 Å². The third kappa shape index (κ3) is 34.5. The van der Waals surface area contributed by atoms with Gasteiger partial charge in [-0.2, -0.15) is 0 Å². The second-order valence-electron chi connectivity index (χ2n) is 26.4. The zero-order chi connectivity index (χ0) is 65.7. The van der Waals surface area contributed by atoms with Gasteiger partial charge >= 0.3 is 30.0 Å². The molecule has 0 spiro atoms. The second kappa shape index (κ2) is 37.1. The lowest BCUT2D eigenvalue weighted by Crippen LogP contribution is -2.53. The third-order valence-electron chi connectivity index (χ3n) is 12.4. The predicted molar refractivity (Wildman–Crippen MR) is 330 cm³/mol. The van der Waals surface area contributed by atoms with Gasteiger partial charge in [0.1, 0.15) is 46.3 Å². The van der Waals surface area contributed by atoms with Crippen molar-refractivity contribution in [2.45, 2.75) is 157 Å². The minimum atomic E-state index is -0.978. The number of hydrogen-bond acceptors (Lipinski definition) is 21. The van der Waals surface area contributed by atoms with E-state index < -0.39 is 81.4 Å². The first-order chi connectivity index (χ1) is 41.0. The lowest BCUT2D eigenvalue weighted by molar-refractivity contribution is -0.163. The number of nitrogens with one attached hydrogen (secondary N) is 2. The van der Waals surface area contributed by atoms with Crippen molar-refractivity contribution in [2.75, 3.05) is 138 Å². The minimum absolute atomic E-state index is 0.00470. The molecule has 1 aliphatic rings. The molecule has 1 aromatic carbocycles. The number of esters is 4. The summed E-state index contributed by atoms with van der Waals surface area (Å²) in [5, 5.41) is 5.54. The van der Waals surface area contributed by atoms with Gasteiger partial charge in [-0.3, -0.25) is 53.2 Å². The van der Waals surface area contributed by atoms with E-state index in [-0.39, 0.29) is 137 Å². The van der Waals surface area contributed by atoms with E-state index >= 15 is 0 Å². The molecule has 1 atom stereocenters. The molecule has 498 valence electrons. The van der Waals surface area contributed by atoms with Crippen LogP contribution in [0, 0.1) is 0 Å². The fourth-order valence-corrected chi connectivity index (χ4v) is 8.73. The number of benzene rings is 1. The summed E-state index contributed by atoms with van der Waals surface area (Å²) in [6.07, 6.45) is -0.661. The molecule has 0 saturated carbocycles. The van der Waals surface area contributed by atoms with E-state index in [4.69, 9.17) is 42.7 Å². The van der Waals surface area contributed by atoms with Crippen molar-refractivity contribution >= 4 is 41.8 Å². The monoisotopic (exact) mass is 1240 g/mol. The molecule has 3 amide bonds. The van der Waals surface area contributed by atoms with Crippen molar-refractivity contribution in [2.24, 2.45) is 0 Å². The number of rotatable bonds is 30. The van der Waals surface area contributed by atoms with Crippen molar-refractivity contribution in [3.8, 4) is 0 Å². The van der Waals surface area contributed by atoms with Gasteiger partial charge in [0, 0.05) is 91.0 Å². The normalized spacial score (nSPS) is 15.2. The summed E-state index contributed by atoms with van der Waals surface area (Å²) < 4.78 is 46.4. The molecule has 0 radical (unpaired) electrons. The van der Waals surface area contributed by atoms with E-state index in [0.717, 1.165) is 10.3 Å². The van der Waals surface area contributed by atoms with Crippen LogP contribution in [-0.2, 0) is 68.5 Å². The van der Waals surface area contributed by atoms with Gasteiger partial charge in [-0.05, 0) is 122 Å². The predicted octanol–water partition coefficient (Wildman–Crippen LogP) is 4.35. The summed E-state index contributed by atoms with van der Waals surface area (Å²) in [6, 6.07) is 12.4. The SMILES string of the molecule is CC(C)(C)OC(=O)CN1CCN(CC(=O)OC(C)(C)C)CCN(C(CCC(=O)NCCN(CCOCCOCCOCCNC(=O)OC(C)(C)C)C(=O)c2cccc(=O)n2OCc2ccccc2)C(=O)OC(C)(C)C)CCN(CC(=O)OC(C)(C)C)CC1. The summed E-state index contributed by atoms with van der Waals surface area (Å²) in [5.41, 5.74) is -3.58. The lowest BCUT2D eigenvalue weighted by atomic mass is 10.1. The van der Waals surface area contributed by atoms with Crippen LogP contribution in [0.3, 0.4) is 0 Å². The molecule has 25 nitrogen and oxygen atoms in total. The molecule has 2 N–H and O–H groups in total. The maximum atomic E-state index is 14.5. The van der Waals surface area contributed by atoms with E-state index in [1.54, 1.807) is 104 Å². The molecule has 0 aliphatic carbocycles. The summed E-state index contributed by atoms with van der Waals surface area (Å²) >= 11 is 0. The standard InChI is InChI=1S/C63H104N8O17/c1-59(2,3)84-53(74)44-66-29-31-67(45-54(75)85-60(4,5)6)33-35-69(36-34-68(32-30-66)46-55(76)86-61(7,8)9)50(57(78)87-62(10,11)12)24-25-51(72)64-26-28-70(37-39-81-41-43-82-42-40-80-38-27-65-58(79)88-63(13,14)15)56(77)49-22-19-23-52(73)71(49)83-47-48-20-17-16-18-21-48/h16-23,50H,24-47H2,1-15H3,(H,64,72)(H,65,79). The van der Waals surface area contributed by atoms with Crippen LogP contribution in [0.2, 0.25) is 0 Å². The fourth-order valence-electron chi connectivity index (χ4n) is 8.73. The van der Waals surface area contributed by atoms with E-state index in [9.17, 15) is 38.4 Å². The van der Waals surface area contributed by atoms with Gasteiger partial charge in [0.05, 0.1) is 59.3 Å². The smallest absolute Gasteiger partial charge is 0.407 e. The van der Waals surface area contributed by atoms with E-state index in [2.05, 4.69) is 10.6 Å². The Bertz CT molecular complexity index is 2490. The molecule has 1 saturated heterocycles. The van der Waals surface area contributed by atoms with Gasteiger partial charge in [0.25, 0.3) is 11.5 Å².